The summed E-state index contributed by atoms with van der Waals surface area (Å²) >= 11 is 0. The van der Waals surface area contributed by atoms with Gasteiger partial charge in [-0.05, 0) is 0 Å². The maximum Gasteiger partial charge on any atom is 0.429 e. The highest BCUT2D eigenvalue weighted by Gasteiger charge is 2.68. The van der Waals surface area contributed by atoms with Crippen LogP contribution in [-0.4, -0.2) is 75.3 Å². The first-order valence-corrected chi connectivity index (χ1v) is 6.28. The molecule has 2 saturated heterocycles. The zero-order chi connectivity index (χ0) is 14.8. The molecule has 0 saturated carbocycles. The van der Waals surface area contributed by atoms with Crippen LogP contribution in [0.1, 0.15) is 0 Å². The van der Waals surface area contributed by atoms with E-state index in [-0.39, 0.29) is 39.5 Å². The Morgan fingerprint density at radius 2 is 1.60 bits per heavy atom. The second kappa shape index (κ2) is 6.08. The van der Waals surface area contributed by atoms with E-state index in [1.165, 1.54) is 0 Å². The molecule has 2 fully saturated rings. The van der Waals surface area contributed by atoms with Crippen molar-refractivity contribution in [3.63, 3.8) is 0 Å². The quantitative estimate of drug-likeness (QED) is 0.581. The first kappa shape index (κ1) is 15.9. The van der Waals surface area contributed by atoms with Crippen LogP contribution in [-0.2, 0) is 14.2 Å². The van der Waals surface area contributed by atoms with E-state index in [1.807, 2.05) is 0 Å². The average Bonchev–Trinajstić information content (AvgIpc) is 2.46. The highest BCUT2D eigenvalue weighted by atomic mass is 19.4. The Hall–Kier alpha value is -0.510. The normalized spacial score (nSPS) is 30.8. The highest BCUT2D eigenvalue weighted by molar-refractivity contribution is 5.01. The van der Waals surface area contributed by atoms with Crippen molar-refractivity contribution in [2.24, 2.45) is 0 Å². The van der Waals surface area contributed by atoms with Gasteiger partial charge in [0.15, 0.2) is 6.30 Å². The molecule has 20 heavy (non-hydrogen) atoms. The third-order valence-electron chi connectivity index (χ3n) is 3.43. The summed E-state index contributed by atoms with van der Waals surface area (Å²) in [5, 5.41) is 0. The molecular weight excluding hydrogens is 289 g/mol. The SMILES string of the molecule is FC(N1CCOCC1)C(F)(C1COCCO1)C(F)(F)F. The van der Waals surface area contributed by atoms with Gasteiger partial charge in [-0.3, -0.25) is 4.90 Å². The van der Waals surface area contributed by atoms with E-state index < -0.39 is 30.9 Å². The van der Waals surface area contributed by atoms with Crippen molar-refractivity contribution in [1.29, 1.82) is 0 Å². The van der Waals surface area contributed by atoms with Gasteiger partial charge in [-0.1, -0.05) is 0 Å². The van der Waals surface area contributed by atoms with Crippen LogP contribution in [0.3, 0.4) is 0 Å². The van der Waals surface area contributed by atoms with E-state index in [4.69, 9.17) is 14.2 Å². The Labute approximate surface area is 112 Å². The molecule has 0 aromatic heterocycles. The second-order valence-electron chi connectivity index (χ2n) is 4.68. The van der Waals surface area contributed by atoms with Crippen molar-refractivity contribution in [1.82, 2.24) is 4.90 Å². The Morgan fingerprint density at radius 1 is 0.950 bits per heavy atom. The summed E-state index contributed by atoms with van der Waals surface area (Å²) in [7, 11) is 0. The van der Waals surface area contributed by atoms with Crippen LogP contribution in [0.5, 0.6) is 0 Å². The second-order valence-corrected chi connectivity index (χ2v) is 4.68. The fourth-order valence-electron chi connectivity index (χ4n) is 2.27. The summed E-state index contributed by atoms with van der Waals surface area (Å²) in [6.45, 7) is -0.818. The molecule has 0 N–H and O–H groups in total. The van der Waals surface area contributed by atoms with E-state index in [0.29, 0.717) is 0 Å². The lowest BCUT2D eigenvalue weighted by Crippen LogP contribution is -2.66. The van der Waals surface area contributed by atoms with E-state index in [0.717, 1.165) is 4.90 Å². The van der Waals surface area contributed by atoms with Gasteiger partial charge in [0.05, 0.1) is 33.0 Å². The van der Waals surface area contributed by atoms with Gasteiger partial charge in [0.1, 0.15) is 6.10 Å². The van der Waals surface area contributed by atoms with E-state index in [2.05, 4.69) is 0 Å². The lowest BCUT2D eigenvalue weighted by molar-refractivity contribution is -0.318. The van der Waals surface area contributed by atoms with E-state index >= 15 is 0 Å². The minimum atomic E-state index is -5.39. The van der Waals surface area contributed by atoms with Crippen LogP contribution >= 0.6 is 0 Å². The number of rotatable bonds is 3. The molecule has 3 unspecified atom stereocenters. The number of alkyl halides is 5. The molecule has 0 aromatic rings. The van der Waals surface area contributed by atoms with Gasteiger partial charge in [-0.25, -0.2) is 8.78 Å². The smallest absolute Gasteiger partial charge is 0.379 e. The summed E-state index contributed by atoms with van der Waals surface area (Å²) in [4.78, 5) is 0.787. The Bertz CT molecular complexity index is 318. The van der Waals surface area contributed by atoms with Crippen molar-refractivity contribution in [2.75, 3.05) is 46.1 Å². The summed E-state index contributed by atoms with van der Waals surface area (Å²) in [5.41, 5.74) is -4.12. The third kappa shape index (κ3) is 2.90. The molecule has 2 aliphatic rings. The molecule has 3 atom stereocenters. The fraction of sp³-hybridized carbons (Fsp3) is 1.00. The van der Waals surface area contributed by atoms with E-state index in [9.17, 15) is 22.0 Å². The fourth-order valence-corrected chi connectivity index (χ4v) is 2.27. The van der Waals surface area contributed by atoms with Gasteiger partial charge in [-0.2, -0.15) is 13.2 Å². The molecule has 0 aromatic carbocycles. The number of nitrogens with zero attached hydrogens (tertiary/aromatic N) is 1. The van der Waals surface area contributed by atoms with Crippen molar-refractivity contribution in [3.8, 4) is 0 Å². The minimum Gasteiger partial charge on any atom is -0.379 e. The van der Waals surface area contributed by atoms with Gasteiger partial charge in [0.25, 0.3) is 5.67 Å². The number of hydrogen-bond acceptors (Lipinski definition) is 4. The topological polar surface area (TPSA) is 30.9 Å². The molecule has 0 radical (unpaired) electrons. The predicted octanol–water partition coefficient (Wildman–Crippen LogP) is 1.30. The first-order chi connectivity index (χ1) is 9.37. The molecule has 0 spiro atoms. The molecule has 4 nitrogen and oxygen atoms in total. The molecule has 2 aliphatic heterocycles. The van der Waals surface area contributed by atoms with Crippen molar-refractivity contribution < 1.29 is 36.2 Å². The number of ether oxygens (including phenoxy) is 3. The van der Waals surface area contributed by atoms with Gasteiger partial charge < -0.3 is 14.2 Å². The van der Waals surface area contributed by atoms with Gasteiger partial charge in [-0.15, -0.1) is 0 Å². The van der Waals surface area contributed by atoms with Crippen molar-refractivity contribution in [2.45, 2.75) is 24.2 Å². The molecule has 118 valence electrons. The lowest BCUT2D eigenvalue weighted by Gasteiger charge is -2.43. The van der Waals surface area contributed by atoms with E-state index in [1.54, 1.807) is 0 Å². The summed E-state index contributed by atoms with van der Waals surface area (Å²) in [6.07, 6.45) is -10.2. The molecular formula is C11H16F5NO3. The van der Waals surface area contributed by atoms with Gasteiger partial charge in [0.2, 0.25) is 0 Å². The number of morpholine rings is 1. The zero-order valence-electron chi connectivity index (χ0n) is 10.7. The zero-order valence-corrected chi connectivity index (χ0v) is 10.7. The average molecular weight is 305 g/mol. The molecule has 0 bridgehead atoms. The van der Waals surface area contributed by atoms with Crippen LogP contribution < -0.4 is 0 Å². The Morgan fingerprint density at radius 3 is 2.10 bits per heavy atom. The van der Waals surface area contributed by atoms with Gasteiger partial charge in [0, 0.05) is 13.1 Å². The van der Waals surface area contributed by atoms with Crippen LogP contribution in [0.15, 0.2) is 0 Å². The Balaban J connectivity index is 2.20. The maximum absolute atomic E-state index is 14.6. The molecule has 2 heterocycles. The van der Waals surface area contributed by atoms with Crippen LogP contribution in [0.4, 0.5) is 22.0 Å². The first-order valence-electron chi connectivity index (χ1n) is 6.28. The Kier molecular flexibility index (Phi) is 4.83. The van der Waals surface area contributed by atoms with Crippen LogP contribution in [0.25, 0.3) is 0 Å². The predicted molar refractivity (Wildman–Crippen MR) is 57.7 cm³/mol. The van der Waals surface area contributed by atoms with Crippen molar-refractivity contribution >= 4 is 0 Å². The van der Waals surface area contributed by atoms with Gasteiger partial charge >= 0.3 is 6.18 Å². The molecule has 0 amide bonds. The lowest BCUT2D eigenvalue weighted by atomic mass is 9.95. The summed E-state index contributed by atoms with van der Waals surface area (Å²) in [5.74, 6) is 0. The molecule has 0 aliphatic carbocycles. The summed E-state index contributed by atoms with van der Waals surface area (Å²) in [6, 6.07) is 0. The maximum atomic E-state index is 14.6. The minimum absolute atomic E-state index is 0.0659. The number of halogens is 5. The number of hydrogen-bond donors (Lipinski definition) is 0. The third-order valence-corrected chi connectivity index (χ3v) is 3.43. The summed E-state index contributed by atoms with van der Waals surface area (Å²) < 4.78 is 82.6. The molecule has 2 rings (SSSR count). The molecule has 9 heteroatoms. The monoisotopic (exact) mass is 305 g/mol. The van der Waals surface area contributed by atoms with Crippen molar-refractivity contribution in [3.05, 3.63) is 0 Å². The van der Waals surface area contributed by atoms with Crippen LogP contribution in [0, 0.1) is 0 Å². The largest absolute Gasteiger partial charge is 0.429 e. The standard InChI is InChI=1S/C11H16F5NO3/c12-9(17-1-3-18-4-2-17)10(13,11(14,15)16)8-7-19-5-6-20-8/h8-9H,1-7H2. The van der Waals surface area contributed by atoms with Crippen LogP contribution in [0.2, 0.25) is 0 Å². The highest BCUT2D eigenvalue weighted by Crippen LogP contribution is 2.44.